The molecule has 1 saturated carbocycles. The number of nitrogens with two attached hydrogens (primary N) is 1. The summed E-state index contributed by atoms with van der Waals surface area (Å²) in [6.07, 6.45) is 10.4. The van der Waals surface area contributed by atoms with Crippen molar-refractivity contribution in [3.8, 4) is 0 Å². The highest BCUT2D eigenvalue weighted by molar-refractivity contribution is 7.12. The Hall–Kier alpha value is -0.410. The maximum Gasteiger partial charge on any atom is 0.0962 e. The molecule has 2 aliphatic rings. The molecule has 3 heteroatoms. The van der Waals surface area contributed by atoms with Gasteiger partial charge in [0, 0.05) is 16.8 Å². The normalized spacial score (nSPS) is 32.2. The zero-order chi connectivity index (χ0) is 12.5. The van der Waals surface area contributed by atoms with E-state index in [-0.39, 0.29) is 6.04 Å². The number of rotatable bonds is 2. The van der Waals surface area contributed by atoms with E-state index in [2.05, 4.69) is 6.92 Å². The quantitative estimate of drug-likeness (QED) is 0.871. The molecule has 0 amide bonds. The summed E-state index contributed by atoms with van der Waals surface area (Å²) in [5.41, 5.74) is 7.53. The van der Waals surface area contributed by atoms with Gasteiger partial charge in [-0.05, 0) is 50.9 Å². The monoisotopic (exact) mass is 264 g/mol. The van der Waals surface area contributed by atoms with E-state index in [1.54, 1.807) is 0 Å². The van der Waals surface area contributed by atoms with E-state index in [1.807, 2.05) is 11.3 Å². The number of hydrogen-bond donors (Lipinski definition) is 1. The van der Waals surface area contributed by atoms with Gasteiger partial charge < -0.3 is 5.73 Å². The number of hydrogen-bond acceptors (Lipinski definition) is 3. The van der Waals surface area contributed by atoms with Gasteiger partial charge in [0.1, 0.15) is 0 Å². The van der Waals surface area contributed by atoms with Gasteiger partial charge >= 0.3 is 0 Å². The molecule has 1 aromatic rings. The largest absolute Gasteiger partial charge is 0.323 e. The van der Waals surface area contributed by atoms with Gasteiger partial charge in [0.05, 0.1) is 10.7 Å². The lowest BCUT2D eigenvalue weighted by Gasteiger charge is -2.26. The van der Waals surface area contributed by atoms with Crippen LogP contribution in [0.15, 0.2) is 0 Å². The highest BCUT2D eigenvalue weighted by Crippen LogP contribution is 2.41. The van der Waals surface area contributed by atoms with Crippen molar-refractivity contribution in [2.75, 3.05) is 0 Å². The molecule has 1 fully saturated rings. The van der Waals surface area contributed by atoms with Crippen LogP contribution in [-0.2, 0) is 6.42 Å². The van der Waals surface area contributed by atoms with Crippen LogP contribution in [0, 0.1) is 5.92 Å². The number of aromatic nitrogens is 1. The second-order valence-electron chi connectivity index (χ2n) is 5.99. The smallest absolute Gasteiger partial charge is 0.0962 e. The Balaban J connectivity index is 1.74. The minimum Gasteiger partial charge on any atom is -0.323 e. The minimum atomic E-state index is 0.270. The second-order valence-corrected chi connectivity index (χ2v) is 7.05. The van der Waals surface area contributed by atoms with Crippen molar-refractivity contribution in [1.29, 1.82) is 0 Å². The van der Waals surface area contributed by atoms with Gasteiger partial charge in [0.25, 0.3) is 0 Å². The molecule has 18 heavy (non-hydrogen) atoms. The van der Waals surface area contributed by atoms with Crippen LogP contribution >= 0.6 is 11.3 Å². The highest BCUT2D eigenvalue weighted by Gasteiger charge is 2.27. The fourth-order valence-electron chi connectivity index (χ4n) is 3.46. The van der Waals surface area contributed by atoms with Crippen LogP contribution in [0.3, 0.4) is 0 Å². The summed E-state index contributed by atoms with van der Waals surface area (Å²) < 4.78 is 0. The standard InChI is InChI=1S/C15H24N2S/c1-2-10-6-8-11(9-7-10)15-17-13-5-3-4-12(16)14(13)18-15/h10-12H,2-9,16H2,1H3. The van der Waals surface area contributed by atoms with Crippen molar-refractivity contribution in [2.45, 2.75) is 70.3 Å². The summed E-state index contributed by atoms with van der Waals surface area (Å²) >= 11 is 1.92. The second kappa shape index (κ2) is 5.30. The van der Waals surface area contributed by atoms with Crippen molar-refractivity contribution in [2.24, 2.45) is 11.7 Å². The molecule has 0 bridgehead atoms. The maximum absolute atomic E-state index is 6.20. The van der Waals surface area contributed by atoms with Crippen LogP contribution in [0.2, 0.25) is 0 Å². The predicted molar refractivity (Wildman–Crippen MR) is 77.0 cm³/mol. The first-order valence-corrected chi connectivity index (χ1v) is 8.34. The van der Waals surface area contributed by atoms with Gasteiger partial charge in [0.15, 0.2) is 0 Å². The van der Waals surface area contributed by atoms with Gasteiger partial charge in [-0.3, -0.25) is 0 Å². The fraction of sp³-hybridized carbons (Fsp3) is 0.800. The third-order valence-electron chi connectivity index (χ3n) is 4.78. The zero-order valence-corrected chi connectivity index (χ0v) is 12.1. The van der Waals surface area contributed by atoms with Crippen LogP contribution in [0.25, 0.3) is 0 Å². The first kappa shape index (κ1) is 12.6. The number of nitrogens with zero attached hydrogens (tertiary/aromatic N) is 1. The molecule has 0 aromatic carbocycles. The van der Waals surface area contributed by atoms with Crippen LogP contribution in [0.1, 0.15) is 79.4 Å². The highest BCUT2D eigenvalue weighted by atomic mass is 32.1. The van der Waals surface area contributed by atoms with Crippen molar-refractivity contribution in [1.82, 2.24) is 4.98 Å². The molecular formula is C15H24N2S. The summed E-state index contributed by atoms with van der Waals surface area (Å²) in [5, 5.41) is 1.40. The lowest BCUT2D eigenvalue weighted by Crippen LogP contribution is -2.15. The predicted octanol–water partition coefficient (Wildman–Crippen LogP) is 4.16. The first-order chi connectivity index (χ1) is 8.78. The Kier molecular flexibility index (Phi) is 3.71. The Labute approximate surface area is 114 Å². The zero-order valence-electron chi connectivity index (χ0n) is 11.3. The fourth-order valence-corrected chi connectivity index (χ4v) is 4.78. The van der Waals surface area contributed by atoms with E-state index in [9.17, 15) is 0 Å². The molecule has 0 spiro atoms. The van der Waals surface area contributed by atoms with Gasteiger partial charge in [-0.15, -0.1) is 11.3 Å². The first-order valence-electron chi connectivity index (χ1n) is 7.53. The summed E-state index contributed by atoms with van der Waals surface area (Å²) in [6, 6.07) is 0.270. The third kappa shape index (κ3) is 2.35. The Morgan fingerprint density at radius 1 is 1.22 bits per heavy atom. The average molecular weight is 264 g/mol. The molecule has 2 nitrogen and oxygen atoms in total. The molecule has 1 aromatic heterocycles. The molecule has 2 aliphatic carbocycles. The Morgan fingerprint density at radius 3 is 2.67 bits per heavy atom. The molecule has 0 aliphatic heterocycles. The van der Waals surface area contributed by atoms with E-state index in [0.29, 0.717) is 0 Å². The van der Waals surface area contributed by atoms with Crippen molar-refractivity contribution in [3.63, 3.8) is 0 Å². The number of aryl methyl sites for hydroxylation is 1. The van der Waals surface area contributed by atoms with Crippen molar-refractivity contribution in [3.05, 3.63) is 15.6 Å². The van der Waals surface area contributed by atoms with E-state index >= 15 is 0 Å². The van der Waals surface area contributed by atoms with E-state index in [1.165, 1.54) is 54.1 Å². The molecule has 3 rings (SSSR count). The maximum atomic E-state index is 6.20. The lowest BCUT2D eigenvalue weighted by molar-refractivity contribution is 0.318. The molecular weight excluding hydrogens is 240 g/mol. The van der Waals surface area contributed by atoms with Gasteiger partial charge in [-0.1, -0.05) is 13.3 Å². The summed E-state index contributed by atoms with van der Waals surface area (Å²) in [4.78, 5) is 6.31. The van der Waals surface area contributed by atoms with Gasteiger partial charge in [-0.25, -0.2) is 4.98 Å². The van der Waals surface area contributed by atoms with Crippen molar-refractivity contribution >= 4 is 11.3 Å². The van der Waals surface area contributed by atoms with E-state index < -0.39 is 0 Å². The van der Waals surface area contributed by atoms with E-state index in [0.717, 1.165) is 24.7 Å². The molecule has 1 unspecified atom stereocenters. The van der Waals surface area contributed by atoms with Crippen LogP contribution in [0.5, 0.6) is 0 Å². The minimum absolute atomic E-state index is 0.270. The van der Waals surface area contributed by atoms with Crippen LogP contribution < -0.4 is 5.73 Å². The molecule has 2 N–H and O–H groups in total. The molecule has 0 saturated heterocycles. The average Bonchev–Trinajstić information content (AvgIpc) is 2.84. The summed E-state index contributed by atoms with van der Waals surface area (Å²) in [6.45, 7) is 2.33. The molecule has 1 atom stereocenters. The van der Waals surface area contributed by atoms with Gasteiger partial charge in [-0.2, -0.15) is 0 Å². The van der Waals surface area contributed by atoms with Crippen LogP contribution in [0.4, 0.5) is 0 Å². The molecule has 1 heterocycles. The molecule has 0 radical (unpaired) electrons. The summed E-state index contributed by atoms with van der Waals surface area (Å²) in [7, 11) is 0. The summed E-state index contributed by atoms with van der Waals surface area (Å²) in [5.74, 6) is 1.70. The van der Waals surface area contributed by atoms with Crippen molar-refractivity contribution < 1.29 is 0 Å². The number of fused-ring (bicyclic) bond motifs is 1. The Bertz CT molecular complexity index is 405. The molecule has 100 valence electrons. The number of thiazole rings is 1. The van der Waals surface area contributed by atoms with Gasteiger partial charge in [0.2, 0.25) is 0 Å². The Morgan fingerprint density at radius 2 is 2.00 bits per heavy atom. The van der Waals surface area contributed by atoms with Crippen LogP contribution in [-0.4, -0.2) is 4.98 Å². The lowest BCUT2D eigenvalue weighted by atomic mass is 9.81. The third-order valence-corrected chi connectivity index (χ3v) is 6.17. The SMILES string of the molecule is CCC1CCC(c2nc3c(s2)C(N)CCC3)CC1. The van der Waals surface area contributed by atoms with E-state index in [4.69, 9.17) is 10.7 Å². The topological polar surface area (TPSA) is 38.9 Å².